The van der Waals surface area contributed by atoms with Crippen molar-refractivity contribution in [3.63, 3.8) is 0 Å². The fourth-order valence-corrected chi connectivity index (χ4v) is 10.6. The van der Waals surface area contributed by atoms with Crippen LogP contribution in [0.5, 0.6) is 0 Å². The van der Waals surface area contributed by atoms with Gasteiger partial charge in [-0.2, -0.15) is 0 Å². The van der Waals surface area contributed by atoms with Crippen molar-refractivity contribution in [3.05, 3.63) is 29.3 Å². The third-order valence-electron chi connectivity index (χ3n) is 6.29. The molecule has 4 atom stereocenters. The highest BCUT2D eigenvalue weighted by atomic mass is 28.3. The van der Waals surface area contributed by atoms with Crippen LogP contribution in [0.4, 0.5) is 0 Å². The van der Waals surface area contributed by atoms with Crippen molar-refractivity contribution >= 4 is 21.3 Å². The van der Waals surface area contributed by atoms with Crippen molar-refractivity contribution in [1.82, 2.24) is 0 Å². The van der Waals surface area contributed by atoms with Gasteiger partial charge in [-0.1, -0.05) is 74.7 Å². The number of fused-ring (bicyclic) bond motifs is 2. The number of benzene rings is 1. The highest BCUT2D eigenvalue weighted by Crippen LogP contribution is 2.62. The van der Waals surface area contributed by atoms with Crippen LogP contribution in [0.3, 0.4) is 0 Å². The number of hydrogen-bond donors (Lipinski definition) is 0. The second-order valence-electron chi connectivity index (χ2n) is 10.1. The lowest BCUT2D eigenvalue weighted by Crippen LogP contribution is -2.44. The van der Waals surface area contributed by atoms with Crippen molar-refractivity contribution in [2.75, 3.05) is 0 Å². The third kappa shape index (κ3) is 2.77. The molecular weight excluding hydrogens is 296 g/mol. The quantitative estimate of drug-likeness (QED) is 0.618. The molecule has 2 fully saturated rings. The molecule has 0 spiro atoms. The molecule has 0 aliphatic heterocycles. The lowest BCUT2D eigenvalue weighted by atomic mass is 9.82. The molecule has 2 bridgehead atoms. The van der Waals surface area contributed by atoms with Crippen LogP contribution in [-0.4, -0.2) is 16.1 Å². The Bertz CT molecular complexity index is 562. The van der Waals surface area contributed by atoms with Gasteiger partial charge in [-0.25, -0.2) is 0 Å². The maximum Gasteiger partial charge on any atom is 0.0779 e. The summed E-state index contributed by atoms with van der Waals surface area (Å²) in [5, 5.41) is 1.76. The lowest BCUT2D eigenvalue weighted by molar-refractivity contribution is 0.412. The Morgan fingerprint density at radius 3 is 2.14 bits per heavy atom. The monoisotopic (exact) mass is 330 g/mol. The molecule has 0 radical (unpaired) electrons. The maximum absolute atomic E-state index is 2.62. The Kier molecular flexibility index (Phi) is 4.01. The molecule has 0 nitrogen and oxygen atoms in total. The van der Waals surface area contributed by atoms with Crippen molar-refractivity contribution in [1.29, 1.82) is 0 Å². The predicted octanol–water partition coefficient (Wildman–Crippen LogP) is 5.76. The van der Waals surface area contributed by atoms with E-state index in [1.165, 1.54) is 24.8 Å². The zero-order chi connectivity index (χ0) is 16.3. The Morgan fingerprint density at radius 1 is 0.909 bits per heavy atom. The van der Waals surface area contributed by atoms with Gasteiger partial charge in [0.25, 0.3) is 0 Å². The Morgan fingerprint density at radius 2 is 1.55 bits per heavy atom. The van der Waals surface area contributed by atoms with Gasteiger partial charge in [0.05, 0.1) is 8.07 Å². The minimum absolute atomic E-state index is 0.882. The summed E-state index contributed by atoms with van der Waals surface area (Å²) in [6.07, 6.45) is 4.54. The topological polar surface area (TPSA) is 0 Å². The first-order valence-corrected chi connectivity index (χ1v) is 16.3. The van der Waals surface area contributed by atoms with Crippen molar-refractivity contribution in [2.24, 2.45) is 11.8 Å². The first-order chi connectivity index (χ1) is 10.1. The van der Waals surface area contributed by atoms with E-state index in [1.807, 2.05) is 0 Å². The first kappa shape index (κ1) is 16.5. The molecule has 0 heterocycles. The molecule has 3 rings (SSSR count). The Balaban J connectivity index is 2.10. The third-order valence-corrected chi connectivity index (χ3v) is 11.2. The Hall–Kier alpha value is -0.346. The SMILES string of the molecule is Cc1ccc([C@@H]2[C@H]3CC[C@H](C3)[C@@H]2[Si](C)(C)C)c([Si](C)(C)C)c1. The smallest absolute Gasteiger partial charge is 0.0693 e. The van der Waals surface area contributed by atoms with E-state index in [-0.39, 0.29) is 0 Å². The summed E-state index contributed by atoms with van der Waals surface area (Å²) in [4.78, 5) is 0. The van der Waals surface area contributed by atoms with Gasteiger partial charge in [0.2, 0.25) is 0 Å². The number of rotatable bonds is 3. The van der Waals surface area contributed by atoms with Gasteiger partial charge >= 0.3 is 0 Å². The zero-order valence-corrected chi connectivity index (χ0v) is 17.7. The summed E-state index contributed by atoms with van der Waals surface area (Å²) in [5.74, 6) is 2.91. The minimum atomic E-state index is -1.28. The molecule has 0 amide bonds. The fourth-order valence-electron chi connectivity index (χ4n) is 5.59. The maximum atomic E-state index is 2.62. The van der Waals surface area contributed by atoms with Gasteiger partial charge in [0.15, 0.2) is 0 Å². The average Bonchev–Trinajstić information content (AvgIpc) is 2.96. The molecule has 0 unspecified atom stereocenters. The van der Waals surface area contributed by atoms with E-state index in [4.69, 9.17) is 0 Å². The summed E-state index contributed by atoms with van der Waals surface area (Å²) >= 11 is 0. The summed E-state index contributed by atoms with van der Waals surface area (Å²) < 4.78 is 0. The minimum Gasteiger partial charge on any atom is -0.0693 e. The standard InChI is InChI=1S/C20H34Si2/c1-14-8-11-17(18(12-14)21(2,3)4)19-15-9-10-16(13-15)20(19)22(5,6)7/h8,11-12,15-16,19-20H,9-10,13H2,1-7H3/t15-,16+,19-,20-/m0/s1. The van der Waals surface area contributed by atoms with E-state index in [1.54, 1.807) is 10.8 Å². The van der Waals surface area contributed by atoms with Crippen molar-refractivity contribution < 1.29 is 0 Å². The average molecular weight is 331 g/mol. The van der Waals surface area contributed by atoms with Crippen LogP contribution in [0.15, 0.2) is 18.2 Å². The van der Waals surface area contributed by atoms with E-state index in [0.717, 1.165) is 23.3 Å². The summed E-state index contributed by atoms with van der Waals surface area (Å²) in [7, 11) is -2.38. The largest absolute Gasteiger partial charge is 0.0779 e. The first-order valence-electron chi connectivity index (χ1n) is 9.20. The van der Waals surface area contributed by atoms with Gasteiger partial charge in [-0.05, 0) is 48.6 Å². The van der Waals surface area contributed by atoms with E-state index in [2.05, 4.69) is 64.4 Å². The second kappa shape index (κ2) is 5.34. The van der Waals surface area contributed by atoms with Gasteiger partial charge in [0.1, 0.15) is 0 Å². The van der Waals surface area contributed by atoms with Crippen molar-refractivity contribution in [2.45, 2.75) is 76.9 Å². The highest BCUT2D eigenvalue weighted by Gasteiger charge is 2.53. The molecule has 2 aliphatic carbocycles. The fraction of sp³-hybridized carbons (Fsp3) is 0.700. The Labute approximate surface area is 139 Å². The van der Waals surface area contributed by atoms with Crippen LogP contribution < -0.4 is 5.19 Å². The normalized spacial score (nSPS) is 31.8. The van der Waals surface area contributed by atoms with E-state index in [0.29, 0.717) is 0 Å². The number of aryl methyl sites for hydroxylation is 1. The van der Waals surface area contributed by atoms with E-state index in [9.17, 15) is 0 Å². The molecule has 2 heteroatoms. The van der Waals surface area contributed by atoms with Crippen LogP contribution in [0, 0.1) is 18.8 Å². The van der Waals surface area contributed by atoms with Gasteiger partial charge in [-0.3, -0.25) is 0 Å². The predicted molar refractivity (Wildman–Crippen MR) is 105 cm³/mol. The molecule has 122 valence electrons. The molecule has 2 aliphatic rings. The lowest BCUT2D eigenvalue weighted by Gasteiger charge is -2.41. The van der Waals surface area contributed by atoms with Gasteiger partial charge in [-0.15, -0.1) is 0 Å². The molecule has 1 aromatic carbocycles. The van der Waals surface area contributed by atoms with Crippen LogP contribution >= 0.6 is 0 Å². The van der Waals surface area contributed by atoms with Crippen LogP contribution in [0.25, 0.3) is 0 Å². The molecule has 1 aromatic rings. The van der Waals surface area contributed by atoms with Gasteiger partial charge < -0.3 is 0 Å². The van der Waals surface area contributed by atoms with Crippen LogP contribution in [-0.2, 0) is 0 Å². The van der Waals surface area contributed by atoms with Gasteiger partial charge in [0, 0.05) is 8.07 Å². The van der Waals surface area contributed by atoms with E-state index >= 15 is 0 Å². The summed E-state index contributed by atoms with van der Waals surface area (Å²) in [6, 6.07) is 7.45. The second-order valence-corrected chi connectivity index (χ2v) is 20.5. The van der Waals surface area contributed by atoms with E-state index < -0.39 is 16.1 Å². The molecule has 0 N–H and O–H groups in total. The highest BCUT2D eigenvalue weighted by molar-refractivity contribution is 6.89. The molecular formula is C20H34Si2. The summed E-state index contributed by atoms with van der Waals surface area (Å²) in [6.45, 7) is 17.7. The summed E-state index contributed by atoms with van der Waals surface area (Å²) in [5.41, 5.74) is 4.24. The number of hydrogen-bond acceptors (Lipinski definition) is 0. The van der Waals surface area contributed by atoms with Crippen LogP contribution in [0.1, 0.15) is 36.3 Å². The molecule has 22 heavy (non-hydrogen) atoms. The molecule has 2 saturated carbocycles. The van der Waals surface area contributed by atoms with Crippen molar-refractivity contribution in [3.8, 4) is 0 Å². The van der Waals surface area contributed by atoms with Crippen LogP contribution in [0.2, 0.25) is 44.8 Å². The molecule has 0 saturated heterocycles. The molecule has 0 aromatic heterocycles. The zero-order valence-electron chi connectivity index (χ0n) is 15.7.